The lowest BCUT2D eigenvalue weighted by Gasteiger charge is -2.56. The van der Waals surface area contributed by atoms with Crippen LogP contribution in [0, 0.1) is 17.8 Å². The van der Waals surface area contributed by atoms with Crippen molar-refractivity contribution in [3.8, 4) is 0 Å². The van der Waals surface area contributed by atoms with E-state index in [0.29, 0.717) is 36.8 Å². The van der Waals surface area contributed by atoms with Crippen molar-refractivity contribution in [3.63, 3.8) is 0 Å². The van der Waals surface area contributed by atoms with Gasteiger partial charge in [-0.3, -0.25) is 14.5 Å². The highest BCUT2D eigenvalue weighted by Gasteiger charge is 2.49. The van der Waals surface area contributed by atoms with E-state index < -0.39 is 0 Å². The minimum atomic E-state index is 0.154. The predicted molar refractivity (Wildman–Crippen MR) is 108 cm³/mol. The Morgan fingerprint density at radius 2 is 2.07 bits per heavy atom. The molecular formula is C21H30N4O2S. The molecule has 1 saturated carbocycles. The summed E-state index contributed by atoms with van der Waals surface area (Å²) in [5.41, 5.74) is 1.29. The predicted octanol–water partition coefficient (Wildman–Crippen LogP) is 2.26. The Balaban J connectivity index is 1.32. The lowest BCUT2D eigenvalue weighted by molar-refractivity contribution is -0.153. The number of aromatic nitrogens is 1. The van der Waals surface area contributed by atoms with Gasteiger partial charge in [0.05, 0.1) is 6.04 Å². The molecule has 2 bridgehead atoms. The standard InChI is InChI=1S/C21H30N4O2S/c26-20-6-2-5-18-16-7-17(12-24(11-16)10-14-8-23-28-13-14)19(25(18)20)9-22-21(27)15-3-1-4-15/h8,13,15-19H,1-7,9-12H2,(H,22,27)/t16-,17+,18+,19+/m1/s1. The smallest absolute Gasteiger partial charge is 0.223 e. The van der Waals surface area contributed by atoms with Gasteiger partial charge in [0.2, 0.25) is 11.8 Å². The molecule has 4 heterocycles. The summed E-state index contributed by atoms with van der Waals surface area (Å²) in [6, 6.07) is 0.507. The van der Waals surface area contributed by atoms with Crippen molar-refractivity contribution in [3.05, 3.63) is 17.1 Å². The molecule has 1 aromatic heterocycles. The van der Waals surface area contributed by atoms with Crippen LogP contribution in [0.2, 0.25) is 0 Å². The van der Waals surface area contributed by atoms with Crippen molar-refractivity contribution in [2.24, 2.45) is 17.8 Å². The molecule has 2 amide bonds. The maximum atomic E-state index is 12.8. The number of nitrogens with zero attached hydrogens (tertiary/aromatic N) is 3. The van der Waals surface area contributed by atoms with Gasteiger partial charge in [0.25, 0.3) is 0 Å². The van der Waals surface area contributed by atoms with Crippen LogP contribution in [0.15, 0.2) is 11.6 Å². The Hall–Kier alpha value is -1.47. The lowest BCUT2D eigenvalue weighted by Crippen LogP contribution is -2.67. The molecule has 5 rings (SSSR count). The number of carbonyl (C=O) groups excluding carboxylic acids is 2. The van der Waals surface area contributed by atoms with Gasteiger partial charge in [-0.1, -0.05) is 6.42 Å². The highest BCUT2D eigenvalue weighted by atomic mass is 32.1. The second-order valence-electron chi connectivity index (χ2n) is 9.18. The van der Waals surface area contributed by atoms with E-state index in [0.717, 1.165) is 45.3 Å². The van der Waals surface area contributed by atoms with E-state index in [2.05, 4.69) is 24.9 Å². The zero-order valence-electron chi connectivity index (χ0n) is 16.4. The third kappa shape index (κ3) is 3.47. The summed E-state index contributed by atoms with van der Waals surface area (Å²) in [4.78, 5) is 30.0. The van der Waals surface area contributed by atoms with Crippen LogP contribution in [-0.4, -0.2) is 57.7 Å². The molecule has 0 spiro atoms. The van der Waals surface area contributed by atoms with Crippen LogP contribution in [0.3, 0.4) is 0 Å². The highest BCUT2D eigenvalue weighted by Crippen LogP contribution is 2.41. The maximum Gasteiger partial charge on any atom is 0.223 e. The Morgan fingerprint density at radius 3 is 2.82 bits per heavy atom. The number of nitrogens with one attached hydrogen (secondary N) is 1. The van der Waals surface area contributed by atoms with E-state index >= 15 is 0 Å². The SMILES string of the molecule is O=C(NC[C@H]1[C@H]2C[C@H](CN(Cc3cnsc3)C2)[C@@H]2CCCC(=O)N21)C1CCC1. The van der Waals surface area contributed by atoms with E-state index in [1.165, 1.54) is 29.9 Å². The van der Waals surface area contributed by atoms with Gasteiger partial charge in [-0.05, 0) is 61.0 Å². The second kappa shape index (κ2) is 7.75. The number of piperidine rings is 3. The fourth-order valence-corrected chi connectivity index (χ4v) is 6.37. The first-order chi connectivity index (χ1) is 13.7. The zero-order chi connectivity index (χ0) is 19.1. The molecule has 0 unspecified atom stereocenters. The third-order valence-electron chi connectivity index (χ3n) is 7.42. The molecule has 0 radical (unpaired) electrons. The largest absolute Gasteiger partial charge is 0.354 e. The van der Waals surface area contributed by atoms with Gasteiger partial charge in [0, 0.05) is 56.1 Å². The summed E-state index contributed by atoms with van der Waals surface area (Å²) in [7, 11) is 0. The van der Waals surface area contributed by atoms with Crippen molar-refractivity contribution >= 4 is 23.3 Å². The molecule has 4 aliphatic rings. The first-order valence-electron chi connectivity index (χ1n) is 10.9. The number of hydrogen-bond acceptors (Lipinski definition) is 5. The van der Waals surface area contributed by atoms with Crippen molar-refractivity contribution in [2.75, 3.05) is 19.6 Å². The van der Waals surface area contributed by atoms with Gasteiger partial charge in [-0.2, -0.15) is 0 Å². The van der Waals surface area contributed by atoms with E-state index in [9.17, 15) is 9.59 Å². The number of rotatable bonds is 5. The maximum absolute atomic E-state index is 12.8. The molecule has 1 aliphatic carbocycles. The molecule has 3 saturated heterocycles. The summed E-state index contributed by atoms with van der Waals surface area (Å²) < 4.78 is 4.24. The lowest BCUT2D eigenvalue weighted by atomic mass is 9.72. The molecule has 1 aromatic rings. The summed E-state index contributed by atoms with van der Waals surface area (Å²) >= 11 is 1.51. The highest BCUT2D eigenvalue weighted by molar-refractivity contribution is 7.03. The molecule has 4 atom stereocenters. The molecule has 0 aromatic carbocycles. The quantitative estimate of drug-likeness (QED) is 0.821. The van der Waals surface area contributed by atoms with Gasteiger partial charge >= 0.3 is 0 Å². The Kier molecular flexibility index (Phi) is 5.13. The minimum Gasteiger partial charge on any atom is -0.354 e. The number of fused-ring (bicyclic) bond motifs is 4. The van der Waals surface area contributed by atoms with Crippen molar-refractivity contribution in [1.29, 1.82) is 0 Å². The van der Waals surface area contributed by atoms with Crippen LogP contribution in [0.5, 0.6) is 0 Å². The average Bonchev–Trinajstić information content (AvgIpc) is 3.13. The van der Waals surface area contributed by atoms with Gasteiger partial charge in [-0.25, -0.2) is 4.37 Å². The van der Waals surface area contributed by atoms with Gasteiger partial charge < -0.3 is 10.2 Å². The molecule has 28 heavy (non-hydrogen) atoms. The molecular weight excluding hydrogens is 372 g/mol. The first-order valence-corrected chi connectivity index (χ1v) is 11.7. The second-order valence-corrected chi connectivity index (χ2v) is 9.84. The van der Waals surface area contributed by atoms with Crippen LogP contribution >= 0.6 is 11.5 Å². The monoisotopic (exact) mass is 402 g/mol. The van der Waals surface area contributed by atoms with Crippen molar-refractivity contribution < 1.29 is 9.59 Å². The van der Waals surface area contributed by atoms with Crippen molar-refractivity contribution in [1.82, 2.24) is 19.5 Å². The summed E-state index contributed by atoms with van der Waals surface area (Å²) in [5, 5.41) is 5.35. The van der Waals surface area contributed by atoms with Gasteiger partial charge in [0.1, 0.15) is 0 Å². The van der Waals surface area contributed by atoms with Crippen molar-refractivity contribution in [2.45, 2.75) is 63.6 Å². The van der Waals surface area contributed by atoms with E-state index in [1.54, 1.807) is 0 Å². The molecule has 4 fully saturated rings. The topological polar surface area (TPSA) is 65.5 Å². The fourth-order valence-electron chi connectivity index (χ4n) is 5.85. The van der Waals surface area contributed by atoms with Gasteiger partial charge in [0.15, 0.2) is 0 Å². The summed E-state index contributed by atoms with van der Waals surface area (Å²) in [6.45, 7) is 3.66. The molecule has 3 aliphatic heterocycles. The minimum absolute atomic E-state index is 0.154. The van der Waals surface area contributed by atoms with Crippen LogP contribution in [0.4, 0.5) is 0 Å². The average molecular weight is 403 g/mol. The van der Waals surface area contributed by atoms with E-state index in [-0.39, 0.29) is 17.9 Å². The van der Waals surface area contributed by atoms with Crippen LogP contribution < -0.4 is 5.32 Å². The Bertz CT molecular complexity index is 720. The zero-order valence-corrected chi connectivity index (χ0v) is 17.2. The Morgan fingerprint density at radius 1 is 1.21 bits per heavy atom. The summed E-state index contributed by atoms with van der Waals surface area (Å²) in [6.07, 6.45) is 9.18. The number of carbonyl (C=O) groups is 2. The molecule has 6 nitrogen and oxygen atoms in total. The first kappa shape index (κ1) is 18.6. The molecule has 1 N–H and O–H groups in total. The van der Waals surface area contributed by atoms with Crippen LogP contribution in [-0.2, 0) is 16.1 Å². The van der Waals surface area contributed by atoms with E-state index in [1.807, 2.05) is 6.20 Å². The van der Waals surface area contributed by atoms with Gasteiger partial charge in [-0.15, -0.1) is 0 Å². The van der Waals surface area contributed by atoms with E-state index in [4.69, 9.17) is 0 Å². The fraction of sp³-hybridized carbons (Fsp3) is 0.762. The Labute approximate surface area is 170 Å². The van der Waals surface area contributed by atoms with Crippen LogP contribution in [0.25, 0.3) is 0 Å². The molecule has 152 valence electrons. The number of hydrogen-bond donors (Lipinski definition) is 1. The summed E-state index contributed by atoms with van der Waals surface area (Å²) in [5.74, 6) is 1.73. The van der Waals surface area contributed by atoms with Crippen LogP contribution in [0.1, 0.15) is 50.5 Å². The third-order valence-corrected chi connectivity index (χ3v) is 8.06. The number of likely N-dealkylation sites (tertiary alicyclic amines) is 1. The normalized spacial score (nSPS) is 33.3. The number of amides is 2. The molecule has 7 heteroatoms.